The smallest absolute Gasteiger partial charge is 0.0441 e. The number of benzene rings is 3. The first-order chi connectivity index (χ1) is 11.1. The zero-order valence-electron chi connectivity index (χ0n) is 13.9. The van der Waals surface area contributed by atoms with Crippen molar-refractivity contribution in [3.63, 3.8) is 0 Å². The van der Waals surface area contributed by atoms with Crippen LogP contribution in [0.15, 0.2) is 60.7 Å². The molecule has 1 aliphatic rings. The van der Waals surface area contributed by atoms with Crippen molar-refractivity contribution >= 4 is 5.69 Å². The molecule has 0 aliphatic heterocycles. The first-order valence-corrected chi connectivity index (χ1v) is 8.13. The van der Waals surface area contributed by atoms with Gasteiger partial charge in [0.2, 0.25) is 0 Å². The summed E-state index contributed by atoms with van der Waals surface area (Å²) < 4.78 is 0. The summed E-state index contributed by atoms with van der Waals surface area (Å²) in [6.07, 6.45) is 1.03. The van der Waals surface area contributed by atoms with Crippen LogP contribution in [-0.4, -0.2) is 14.1 Å². The minimum absolute atomic E-state index is 1.03. The molecule has 4 rings (SSSR count). The van der Waals surface area contributed by atoms with E-state index in [1.165, 1.54) is 44.6 Å². The van der Waals surface area contributed by atoms with Crippen LogP contribution in [0.2, 0.25) is 0 Å². The van der Waals surface area contributed by atoms with Crippen LogP contribution in [0.5, 0.6) is 0 Å². The molecule has 3 aromatic rings. The molecule has 1 heteroatoms. The lowest BCUT2D eigenvalue weighted by atomic mass is 9.93. The van der Waals surface area contributed by atoms with Gasteiger partial charge in [0.1, 0.15) is 0 Å². The molecule has 0 radical (unpaired) electrons. The summed E-state index contributed by atoms with van der Waals surface area (Å²) in [5.74, 6) is 0. The molecule has 23 heavy (non-hydrogen) atoms. The van der Waals surface area contributed by atoms with Gasteiger partial charge in [0.15, 0.2) is 0 Å². The van der Waals surface area contributed by atoms with E-state index < -0.39 is 0 Å². The Morgan fingerprint density at radius 3 is 2.22 bits per heavy atom. The predicted octanol–water partition coefficient (Wildman–Crippen LogP) is 5.30. The van der Waals surface area contributed by atoms with Crippen LogP contribution >= 0.6 is 0 Å². The Bertz CT molecular complexity index is 890. The first kappa shape index (κ1) is 14.1. The van der Waals surface area contributed by atoms with Crippen molar-refractivity contribution in [1.82, 2.24) is 0 Å². The minimum Gasteiger partial charge on any atom is -0.377 e. The molecule has 0 spiro atoms. The van der Waals surface area contributed by atoms with E-state index in [-0.39, 0.29) is 0 Å². The molecule has 0 amide bonds. The predicted molar refractivity (Wildman–Crippen MR) is 99.2 cm³/mol. The van der Waals surface area contributed by atoms with Gasteiger partial charge in [-0.05, 0) is 53.3 Å². The highest BCUT2D eigenvalue weighted by Gasteiger charge is 2.22. The number of hydrogen-bond acceptors (Lipinski definition) is 1. The second kappa shape index (κ2) is 5.27. The maximum absolute atomic E-state index is 2.31. The molecule has 114 valence electrons. The topological polar surface area (TPSA) is 3.24 Å². The average Bonchev–Trinajstić information content (AvgIpc) is 2.93. The first-order valence-electron chi connectivity index (χ1n) is 8.13. The second-order valence-corrected chi connectivity index (χ2v) is 6.58. The fourth-order valence-corrected chi connectivity index (χ4v) is 3.67. The summed E-state index contributed by atoms with van der Waals surface area (Å²) >= 11 is 0. The molecule has 0 atom stereocenters. The Kier molecular flexibility index (Phi) is 3.23. The molecule has 0 aromatic heterocycles. The van der Waals surface area contributed by atoms with Gasteiger partial charge in [0, 0.05) is 25.3 Å². The summed E-state index contributed by atoms with van der Waals surface area (Å²) in [5.41, 5.74) is 11.0. The zero-order chi connectivity index (χ0) is 16.0. The highest BCUT2D eigenvalue weighted by Crippen LogP contribution is 2.43. The number of fused-ring (bicyclic) bond motifs is 3. The maximum Gasteiger partial charge on any atom is 0.0441 e. The van der Waals surface area contributed by atoms with Gasteiger partial charge in [-0.2, -0.15) is 0 Å². The van der Waals surface area contributed by atoms with E-state index >= 15 is 0 Å². The van der Waals surface area contributed by atoms with Crippen molar-refractivity contribution in [3.05, 3.63) is 77.4 Å². The van der Waals surface area contributed by atoms with E-state index in [4.69, 9.17) is 0 Å². The van der Waals surface area contributed by atoms with E-state index in [1.807, 2.05) is 0 Å². The summed E-state index contributed by atoms with van der Waals surface area (Å²) in [7, 11) is 4.23. The Morgan fingerprint density at radius 1 is 0.739 bits per heavy atom. The summed E-state index contributed by atoms with van der Waals surface area (Å²) in [4.78, 5) is 2.20. The fourth-order valence-electron chi connectivity index (χ4n) is 3.67. The van der Waals surface area contributed by atoms with Crippen molar-refractivity contribution in [2.75, 3.05) is 19.0 Å². The van der Waals surface area contributed by atoms with Gasteiger partial charge in [-0.3, -0.25) is 0 Å². The number of rotatable bonds is 2. The average molecular weight is 299 g/mol. The van der Waals surface area contributed by atoms with E-state index in [2.05, 4.69) is 86.6 Å². The van der Waals surface area contributed by atoms with Gasteiger partial charge < -0.3 is 4.90 Å². The lowest BCUT2D eigenvalue weighted by Gasteiger charge is -2.20. The van der Waals surface area contributed by atoms with Crippen LogP contribution in [0.25, 0.3) is 22.3 Å². The number of hydrogen-bond donors (Lipinski definition) is 0. The molecule has 0 heterocycles. The van der Waals surface area contributed by atoms with Gasteiger partial charge in [-0.25, -0.2) is 0 Å². The SMILES string of the molecule is Cc1ccc(N(C)C)c(-c2cccc3c2Cc2ccccc2-3)c1. The van der Waals surface area contributed by atoms with Crippen LogP contribution in [0.4, 0.5) is 5.69 Å². The van der Waals surface area contributed by atoms with Crippen molar-refractivity contribution in [2.24, 2.45) is 0 Å². The van der Waals surface area contributed by atoms with Gasteiger partial charge in [-0.1, -0.05) is 54.1 Å². The van der Waals surface area contributed by atoms with Gasteiger partial charge in [0.05, 0.1) is 0 Å². The van der Waals surface area contributed by atoms with Crippen LogP contribution in [-0.2, 0) is 6.42 Å². The molecule has 1 nitrogen and oxygen atoms in total. The minimum atomic E-state index is 1.03. The Morgan fingerprint density at radius 2 is 1.43 bits per heavy atom. The third-order valence-electron chi connectivity index (χ3n) is 4.77. The fraction of sp³-hybridized carbons (Fsp3) is 0.182. The van der Waals surface area contributed by atoms with Crippen molar-refractivity contribution in [3.8, 4) is 22.3 Å². The summed E-state index contributed by atoms with van der Waals surface area (Å²) in [5, 5.41) is 0. The summed E-state index contributed by atoms with van der Waals surface area (Å²) in [6, 6.07) is 22.2. The quantitative estimate of drug-likeness (QED) is 0.485. The second-order valence-electron chi connectivity index (χ2n) is 6.58. The third kappa shape index (κ3) is 2.24. The van der Waals surface area contributed by atoms with E-state index in [9.17, 15) is 0 Å². The van der Waals surface area contributed by atoms with Gasteiger partial charge in [0.25, 0.3) is 0 Å². The van der Waals surface area contributed by atoms with Crippen LogP contribution in [0, 0.1) is 6.92 Å². The summed E-state index contributed by atoms with van der Waals surface area (Å²) in [6.45, 7) is 2.17. The van der Waals surface area contributed by atoms with E-state index in [0.29, 0.717) is 0 Å². The molecule has 0 saturated carbocycles. The van der Waals surface area contributed by atoms with Gasteiger partial charge >= 0.3 is 0 Å². The lowest BCUT2D eigenvalue weighted by Crippen LogP contribution is -2.10. The number of nitrogens with zero attached hydrogens (tertiary/aromatic N) is 1. The Labute approximate surface area is 138 Å². The van der Waals surface area contributed by atoms with Crippen molar-refractivity contribution < 1.29 is 0 Å². The highest BCUT2D eigenvalue weighted by atomic mass is 15.1. The monoisotopic (exact) mass is 299 g/mol. The molecular formula is C22H21N. The molecule has 0 saturated heterocycles. The van der Waals surface area contributed by atoms with Crippen LogP contribution in [0.3, 0.4) is 0 Å². The molecular weight excluding hydrogens is 278 g/mol. The third-order valence-corrected chi connectivity index (χ3v) is 4.77. The van der Waals surface area contributed by atoms with Crippen LogP contribution < -0.4 is 4.90 Å². The largest absolute Gasteiger partial charge is 0.377 e. The van der Waals surface area contributed by atoms with E-state index in [0.717, 1.165) is 6.42 Å². The molecule has 0 fully saturated rings. The van der Waals surface area contributed by atoms with Crippen molar-refractivity contribution in [2.45, 2.75) is 13.3 Å². The Hall–Kier alpha value is -2.54. The molecule has 0 unspecified atom stereocenters. The zero-order valence-corrected chi connectivity index (χ0v) is 13.9. The number of aryl methyl sites for hydroxylation is 1. The maximum atomic E-state index is 2.31. The lowest BCUT2D eigenvalue weighted by molar-refractivity contribution is 1.13. The number of anilines is 1. The molecule has 0 N–H and O–H groups in total. The normalized spacial score (nSPS) is 12.0. The molecule has 3 aromatic carbocycles. The Balaban J connectivity index is 1.96. The van der Waals surface area contributed by atoms with E-state index in [1.54, 1.807) is 0 Å². The molecule has 0 bridgehead atoms. The highest BCUT2D eigenvalue weighted by molar-refractivity contribution is 5.89. The van der Waals surface area contributed by atoms with Crippen molar-refractivity contribution in [1.29, 1.82) is 0 Å². The van der Waals surface area contributed by atoms with Crippen LogP contribution in [0.1, 0.15) is 16.7 Å². The van der Waals surface area contributed by atoms with Gasteiger partial charge in [-0.15, -0.1) is 0 Å². The molecule has 1 aliphatic carbocycles. The standard InChI is InChI=1S/C22H21N/c1-15-11-12-22(23(2)3)21(13-15)19-10-6-9-18-17-8-5-4-7-16(17)14-20(18)19/h4-13H,14H2,1-3H3.